The molecule has 0 saturated carbocycles. The monoisotopic (exact) mass is 372 g/mol. The van der Waals surface area contributed by atoms with Gasteiger partial charge < -0.3 is 9.47 Å². The molecule has 1 heterocycles. The van der Waals surface area contributed by atoms with Crippen molar-refractivity contribution in [1.82, 2.24) is 10.2 Å². The number of ether oxygens (including phenoxy) is 2. The van der Waals surface area contributed by atoms with Crippen molar-refractivity contribution in [2.24, 2.45) is 0 Å². The van der Waals surface area contributed by atoms with E-state index in [9.17, 15) is 4.79 Å². The third kappa shape index (κ3) is 5.29. The molecule has 0 aliphatic rings. The van der Waals surface area contributed by atoms with Gasteiger partial charge in [-0.25, -0.2) is 0 Å². The maximum absolute atomic E-state index is 12.1. The Kier molecular flexibility index (Phi) is 6.31. The summed E-state index contributed by atoms with van der Waals surface area (Å²) >= 11 is 1.35. The third-order valence-corrected chi connectivity index (χ3v) is 4.47. The summed E-state index contributed by atoms with van der Waals surface area (Å²) in [5.74, 6) is 0.659. The second kappa shape index (κ2) is 8.45. The number of carbonyl (C=O) groups excluding carboxylic acids is 1. The van der Waals surface area contributed by atoms with Gasteiger partial charge in [0.15, 0.2) is 18.1 Å². The van der Waals surface area contributed by atoms with E-state index >= 15 is 0 Å². The Hall–Kier alpha value is -2.92. The molecule has 2 aromatic rings. The van der Waals surface area contributed by atoms with E-state index in [1.807, 2.05) is 26.8 Å². The number of anilines is 1. The molecule has 2 rings (SSSR count). The molecule has 136 valence electrons. The van der Waals surface area contributed by atoms with Crippen LogP contribution in [0.3, 0.4) is 0 Å². The summed E-state index contributed by atoms with van der Waals surface area (Å²) in [5.41, 5.74) is 0.650. The standard InChI is InChI=1S/C18H20N4O3S/c1-18(2,3)16-21-22-17(26-16)20-15(23)8-6-12-5-7-13(25-10-9-19)14(11-12)24-4/h5-8,11H,10H2,1-4H3,(H,20,22,23)/b8-6+. The van der Waals surface area contributed by atoms with Crippen LogP contribution >= 0.6 is 11.3 Å². The van der Waals surface area contributed by atoms with Crippen molar-refractivity contribution in [2.75, 3.05) is 19.0 Å². The fraction of sp³-hybridized carbons (Fsp3) is 0.333. The number of carbonyl (C=O) groups is 1. The number of nitrogens with one attached hydrogen (secondary N) is 1. The second-order valence-corrected chi connectivity index (χ2v) is 7.32. The first-order valence-electron chi connectivity index (χ1n) is 7.84. The highest BCUT2D eigenvalue weighted by Gasteiger charge is 2.19. The number of nitriles is 1. The van der Waals surface area contributed by atoms with Crippen molar-refractivity contribution in [3.05, 3.63) is 34.8 Å². The summed E-state index contributed by atoms with van der Waals surface area (Å²) < 4.78 is 10.5. The first-order chi connectivity index (χ1) is 12.3. The van der Waals surface area contributed by atoms with Crippen molar-refractivity contribution >= 4 is 28.5 Å². The molecule has 8 heteroatoms. The Labute approximate surface area is 156 Å². The minimum atomic E-state index is -0.301. The highest BCUT2D eigenvalue weighted by molar-refractivity contribution is 7.15. The molecule has 0 unspecified atom stereocenters. The average Bonchev–Trinajstić information content (AvgIpc) is 3.07. The van der Waals surface area contributed by atoms with E-state index in [0.29, 0.717) is 16.6 Å². The van der Waals surface area contributed by atoms with E-state index in [0.717, 1.165) is 10.6 Å². The predicted molar refractivity (Wildman–Crippen MR) is 100 cm³/mol. The first kappa shape index (κ1) is 19.4. The molecule has 7 nitrogen and oxygen atoms in total. The Balaban J connectivity index is 2.03. The number of hydrogen-bond acceptors (Lipinski definition) is 7. The van der Waals surface area contributed by atoms with Crippen LogP contribution < -0.4 is 14.8 Å². The third-order valence-electron chi connectivity index (χ3n) is 3.20. The molecule has 1 aromatic heterocycles. The number of benzene rings is 1. The van der Waals surface area contributed by atoms with Crippen LogP contribution in [0.2, 0.25) is 0 Å². The van der Waals surface area contributed by atoms with Crippen molar-refractivity contribution < 1.29 is 14.3 Å². The average molecular weight is 372 g/mol. The minimum Gasteiger partial charge on any atom is -0.493 e. The topological polar surface area (TPSA) is 97.1 Å². The lowest BCUT2D eigenvalue weighted by atomic mass is 9.98. The van der Waals surface area contributed by atoms with Crippen molar-refractivity contribution in [1.29, 1.82) is 5.26 Å². The van der Waals surface area contributed by atoms with Crippen LogP contribution in [-0.4, -0.2) is 29.8 Å². The first-order valence-corrected chi connectivity index (χ1v) is 8.66. The van der Waals surface area contributed by atoms with Gasteiger partial charge in [0.25, 0.3) is 0 Å². The molecule has 0 bridgehead atoms. The van der Waals surface area contributed by atoms with E-state index in [4.69, 9.17) is 14.7 Å². The molecule has 1 amide bonds. The number of aromatic nitrogens is 2. The number of nitrogens with zero attached hydrogens (tertiary/aromatic N) is 3. The van der Waals surface area contributed by atoms with Crippen LogP contribution in [0.25, 0.3) is 6.08 Å². The van der Waals surface area contributed by atoms with Gasteiger partial charge in [0.2, 0.25) is 11.0 Å². The lowest BCUT2D eigenvalue weighted by Crippen LogP contribution is -2.10. The van der Waals surface area contributed by atoms with Crippen LogP contribution in [0.1, 0.15) is 31.3 Å². The SMILES string of the molecule is COc1cc(/C=C/C(=O)Nc2nnc(C(C)(C)C)s2)ccc1OCC#N. The van der Waals surface area contributed by atoms with Gasteiger partial charge in [-0.3, -0.25) is 10.1 Å². The van der Waals surface area contributed by atoms with Crippen LogP contribution in [0.4, 0.5) is 5.13 Å². The van der Waals surface area contributed by atoms with E-state index in [1.54, 1.807) is 24.3 Å². The quantitative estimate of drug-likeness (QED) is 0.781. The van der Waals surface area contributed by atoms with Gasteiger partial charge in [0.05, 0.1) is 7.11 Å². The van der Waals surface area contributed by atoms with Gasteiger partial charge in [-0.15, -0.1) is 10.2 Å². The zero-order chi connectivity index (χ0) is 19.2. The molecule has 0 radical (unpaired) electrons. The summed E-state index contributed by atoms with van der Waals surface area (Å²) in [6.45, 7) is 6.05. The smallest absolute Gasteiger partial charge is 0.250 e. The molecular formula is C18H20N4O3S. The molecule has 0 aliphatic heterocycles. The fourth-order valence-corrected chi connectivity index (χ4v) is 2.72. The van der Waals surface area contributed by atoms with Gasteiger partial charge in [-0.1, -0.05) is 38.2 Å². The number of rotatable bonds is 6. The fourth-order valence-electron chi connectivity index (χ4n) is 1.91. The molecule has 0 saturated heterocycles. The van der Waals surface area contributed by atoms with E-state index in [-0.39, 0.29) is 17.9 Å². The number of methoxy groups -OCH3 is 1. The van der Waals surface area contributed by atoms with Gasteiger partial charge in [0, 0.05) is 11.5 Å². The number of amides is 1. The van der Waals surface area contributed by atoms with E-state index < -0.39 is 0 Å². The lowest BCUT2D eigenvalue weighted by Gasteiger charge is -2.12. The summed E-state index contributed by atoms with van der Waals surface area (Å²) in [5, 5.41) is 20.7. The highest BCUT2D eigenvalue weighted by atomic mass is 32.1. The largest absolute Gasteiger partial charge is 0.493 e. The van der Waals surface area contributed by atoms with Crippen molar-refractivity contribution in [3.8, 4) is 17.6 Å². The molecule has 0 spiro atoms. The predicted octanol–water partition coefficient (Wildman–Crippen LogP) is 3.40. The Morgan fingerprint density at radius 3 is 2.73 bits per heavy atom. The maximum atomic E-state index is 12.1. The van der Waals surface area contributed by atoms with Gasteiger partial charge in [0.1, 0.15) is 11.1 Å². The molecule has 0 fully saturated rings. The molecular weight excluding hydrogens is 352 g/mol. The zero-order valence-electron chi connectivity index (χ0n) is 15.1. The van der Waals surface area contributed by atoms with Crippen LogP contribution in [-0.2, 0) is 10.2 Å². The summed E-state index contributed by atoms with van der Waals surface area (Å²) in [6, 6.07) is 7.08. The molecule has 0 aliphatic carbocycles. The number of hydrogen-bond donors (Lipinski definition) is 1. The highest BCUT2D eigenvalue weighted by Crippen LogP contribution is 2.29. The van der Waals surface area contributed by atoms with E-state index in [2.05, 4.69) is 15.5 Å². The van der Waals surface area contributed by atoms with Crippen LogP contribution in [0.5, 0.6) is 11.5 Å². The minimum absolute atomic E-state index is 0.0631. The zero-order valence-corrected chi connectivity index (χ0v) is 15.9. The Morgan fingerprint density at radius 1 is 1.35 bits per heavy atom. The Morgan fingerprint density at radius 2 is 2.12 bits per heavy atom. The van der Waals surface area contributed by atoms with E-state index in [1.165, 1.54) is 24.5 Å². The Bertz CT molecular complexity index is 847. The summed E-state index contributed by atoms with van der Waals surface area (Å²) in [4.78, 5) is 12.1. The summed E-state index contributed by atoms with van der Waals surface area (Å²) in [6.07, 6.45) is 3.06. The van der Waals surface area contributed by atoms with Crippen LogP contribution in [0.15, 0.2) is 24.3 Å². The van der Waals surface area contributed by atoms with Gasteiger partial charge in [-0.2, -0.15) is 5.26 Å². The molecule has 1 aromatic carbocycles. The van der Waals surface area contributed by atoms with Gasteiger partial charge >= 0.3 is 0 Å². The second-order valence-electron chi connectivity index (χ2n) is 6.34. The van der Waals surface area contributed by atoms with Gasteiger partial charge in [-0.05, 0) is 23.8 Å². The molecule has 26 heavy (non-hydrogen) atoms. The molecule has 1 N–H and O–H groups in total. The molecule has 0 atom stereocenters. The lowest BCUT2D eigenvalue weighted by molar-refractivity contribution is -0.111. The maximum Gasteiger partial charge on any atom is 0.250 e. The normalized spacial score (nSPS) is 11.2. The van der Waals surface area contributed by atoms with Crippen molar-refractivity contribution in [3.63, 3.8) is 0 Å². The van der Waals surface area contributed by atoms with Crippen molar-refractivity contribution in [2.45, 2.75) is 26.2 Å². The summed E-state index contributed by atoms with van der Waals surface area (Å²) in [7, 11) is 1.51. The van der Waals surface area contributed by atoms with Crippen LogP contribution in [0, 0.1) is 11.3 Å².